The van der Waals surface area contributed by atoms with Crippen LogP contribution in [0.5, 0.6) is 0 Å². The quantitative estimate of drug-likeness (QED) is 0.783. The molecule has 0 aliphatic carbocycles. The normalized spacial score (nSPS) is 10.4. The van der Waals surface area contributed by atoms with E-state index in [1.165, 1.54) is 33.6 Å². The van der Waals surface area contributed by atoms with Gasteiger partial charge in [-0.15, -0.1) is 0 Å². The van der Waals surface area contributed by atoms with Gasteiger partial charge in [0.25, 0.3) is 0 Å². The fourth-order valence-corrected chi connectivity index (χ4v) is 2.02. The first-order valence-electron chi connectivity index (χ1n) is 5.98. The van der Waals surface area contributed by atoms with E-state index in [-0.39, 0.29) is 0 Å². The predicted octanol–water partition coefficient (Wildman–Crippen LogP) is 4.66. The number of para-hydroxylation sites is 1. The second-order valence-corrected chi connectivity index (χ2v) is 4.71. The van der Waals surface area contributed by atoms with Crippen LogP contribution in [0.15, 0.2) is 36.4 Å². The average molecular weight is 225 g/mol. The van der Waals surface area contributed by atoms with Gasteiger partial charge in [0.05, 0.1) is 0 Å². The smallest absolute Gasteiger partial charge is 0.0443 e. The van der Waals surface area contributed by atoms with Gasteiger partial charge in [0.15, 0.2) is 0 Å². The first-order valence-corrected chi connectivity index (χ1v) is 5.98. The van der Waals surface area contributed by atoms with Crippen molar-refractivity contribution < 1.29 is 0 Å². The Morgan fingerprint density at radius 1 is 0.765 bits per heavy atom. The minimum absolute atomic E-state index is 1.20. The summed E-state index contributed by atoms with van der Waals surface area (Å²) in [5, 5.41) is 3.55. The molecule has 0 fully saturated rings. The number of benzene rings is 2. The Morgan fingerprint density at radius 3 is 2.06 bits per heavy atom. The van der Waals surface area contributed by atoms with E-state index >= 15 is 0 Å². The van der Waals surface area contributed by atoms with Crippen LogP contribution in [0.3, 0.4) is 0 Å². The maximum absolute atomic E-state index is 3.55. The van der Waals surface area contributed by atoms with Crippen molar-refractivity contribution in [1.29, 1.82) is 0 Å². The van der Waals surface area contributed by atoms with E-state index in [0.29, 0.717) is 0 Å². The summed E-state index contributed by atoms with van der Waals surface area (Å²) in [5.74, 6) is 0. The summed E-state index contributed by atoms with van der Waals surface area (Å²) >= 11 is 0. The van der Waals surface area contributed by atoms with Crippen LogP contribution < -0.4 is 5.32 Å². The summed E-state index contributed by atoms with van der Waals surface area (Å²) < 4.78 is 0. The van der Waals surface area contributed by atoms with E-state index in [0.717, 1.165) is 0 Å². The molecule has 0 spiro atoms. The molecule has 0 aliphatic rings. The molecule has 1 nitrogen and oxygen atoms in total. The Balaban J connectivity index is 2.41. The molecule has 1 heteroatoms. The van der Waals surface area contributed by atoms with Gasteiger partial charge in [0.1, 0.15) is 0 Å². The van der Waals surface area contributed by atoms with Gasteiger partial charge in [0.2, 0.25) is 0 Å². The highest BCUT2D eigenvalue weighted by atomic mass is 14.9. The van der Waals surface area contributed by atoms with Crippen LogP contribution >= 0.6 is 0 Å². The topological polar surface area (TPSA) is 12.0 Å². The van der Waals surface area contributed by atoms with E-state index in [2.05, 4.69) is 69.4 Å². The lowest BCUT2D eigenvalue weighted by atomic mass is 10.1. The molecular formula is C16H19N. The van der Waals surface area contributed by atoms with Gasteiger partial charge in [-0.05, 0) is 56.0 Å². The minimum atomic E-state index is 1.20. The molecule has 2 rings (SSSR count). The van der Waals surface area contributed by atoms with E-state index < -0.39 is 0 Å². The predicted molar refractivity (Wildman–Crippen MR) is 75.1 cm³/mol. The number of aryl methyl sites for hydroxylation is 4. The third-order valence-electron chi connectivity index (χ3n) is 3.13. The molecule has 17 heavy (non-hydrogen) atoms. The highest BCUT2D eigenvalue weighted by molar-refractivity contribution is 5.69. The number of nitrogens with one attached hydrogen (secondary N) is 1. The van der Waals surface area contributed by atoms with Crippen LogP contribution in [0.2, 0.25) is 0 Å². The van der Waals surface area contributed by atoms with Crippen molar-refractivity contribution in [1.82, 2.24) is 0 Å². The van der Waals surface area contributed by atoms with Crippen LogP contribution in [0, 0.1) is 27.7 Å². The molecule has 0 radical (unpaired) electrons. The fourth-order valence-electron chi connectivity index (χ4n) is 2.02. The van der Waals surface area contributed by atoms with Gasteiger partial charge < -0.3 is 5.32 Å². The van der Waals surface area contributed by atoms with Crippen molar-refractivity contribution in [2.24, 2.45) is 0 Å². The molecule has 0 aliphatic heterocycles. The highest BCUT2D eigenvalue weighted by Crippen LogP contribution is 2.26. The molecule has 0 bridgehead atoms. The van der Waals surface area contributed by atoms with Crippen molar-refractivity contribution in [2.75, 3.05) is 5.32 Å². The van der Waals surface area contributed by atoms with Gasteiger partial charge in [-0.1, -0.05) is 30.3 Å². The van der Waals surface area contributed by atoms with Crippen molar-refractivity contribution in [3.63, 3.8) is 0 Å². The number of rotatable bonds is 2. The highest BCUT2D eigenvalue weighted by Gasteiger charge is 2.04. The summed E-state index contributed by atoms with van der Waals surface area (Å²) in [5.41, 5.74) is 7.54. The maximum atomic E-state index is 3.55. The van der Waals surface area contributed by atoms with E-state index in [1.54, 1.807) is 0 Å². The molecule has 0 unspecified atom stereocenters. The van der Waals surface area contributed by atoms with Gasteiger partial charge in [-0.3, -0.25) is 0 Å². The lowest BCUT2D eigenvalue weighted by Crippen LogP contribution is -1.98. The van der Waals surface area contributed by atoms with Crippen molar-refractivity contribution in [3.05, 3.63) is 58.7 Å². The van der Waals surface area contributed by atoms with Gasteiger partial charge in [-0.25, -0.2) is 0 Å². The average Bonchev–Trinajstić information content (AvgIpc) is 2.28. The summed E-state index contributed by atoms with van der Waals surface area (Å²) in [6.45, 7) is 8.53. The molecule has 0 atom stereocenters. The zero-order valence-corrected chi connectivity index (χ0v) is 11.0. The summed E-state index contributed by atoms with van der Waals surface area (Å²) in [6.07, 6.45) is 0. The first-order chi connectivity index (χ1) is 8.08. The van der Waals surface area contributed by atoms with E-state index in [1.807, 2.05) is 0 Å². The SMILES string of the molecule is Cc1ccc(C)c(Nc2c(C)cccc2C)c1. The van der Waals surface area contributed by atoms with Crippen molar-refractivity contribution in [3.8, 4) is 0 Å². The van der Waals surface area contributed by atoms with Crippen LogP contribution in [0.4, 0.5) is 11.4 Å². The second kappa shape index (κ2) is 4.62. The van der Waals surface area contributed by atoms with Crippen LogP contribution in [0.25, 0.3) is 0 Å². The first kappa shape index (κ1) is 11.7. The van der Waals surface area contributed by atoms with Crippen molar-refractivity contribution >= 4 is 11.4 Å². The molecule has 0 heterocycles. The van der Waals surface area contributed by atoms with Crippen molar-refractivity contribution in [2.45, 2.75) is 27.7 Å². The molecule has 0 saturated heterocycles. The molecular weight excluding hydrogens is 206 g/mol. The fraction of sp³-hybridized carbons (Fsp3) is 0.250. The van der Waals surface area contributed by atoms with Gasteiger partial charge >= 0.3 is 0 Å². The summed E-state index contributed by atoms with van der Waals surface area (Å²) in [6, 6.07) is 12.9. The second-order valence-electron chi connectivity index (χ2n) is 4.71. The van der Waals surface area contributed by atoms with Gasteiger partial charge in [0, 0.05) is 11.4 Å². The third-order valence-corrected chi connectivity index (χ3v) is 3.13. The Kier molecular flexibility index (Phi) is 3.19. The Hall–Kier alpha value is -1.76. The van der Waals surface area contributed by atoms with E-state index in [4.69, 9.17) is 0 Å². The van der Waals surface area contributed by atoms with Gasteiger partial charge in [-0.2, -0.15) is 0 Å². The molecule has 0 saturated carbocycles. The van der Waals surface area contributed by atoms with Crippen LogP contribution in [-0.2, 0) is 0 Å². The number of anilines is 2. The number of hydrogen-bond donors (Lipinski definition) is 1. The molecule has 0 amide bonds. The third kappa shape index (κ3) is 2.50. The van der Waals surface area contributed by atoms with Crippen LogP contribution in [0.1, 0.15) is 22.3 Å². The molecule has 1 N–H and O–H groups in total. The standard InChI is InChI=1S/C16H19N/c1-11-8-9-12(2)15(10-11)17-16-13(3)6-5-7-14(16)4/h5-10,17H,1-4H3. The zero-order valence-electron chi connectivity index (χ0n) is 11.0. The zero-order chi connectivity index (χ0) is 12.4. The lowest BCUT2D eigenvalue weighted by Gasteiger charge is -2.15. The minimum Gasteiger partial charge on any atom is -0.355 e. The molecule has 2 aromatic rings. The largest absolute Gasteiger partial charge is 0.355 e. The Bertz CT molecular complexity index is 521. The maximum Gasteiger partial charge on any atom is 0.0443 e. The van der Waals surface area contributed by atoms with E-state index in [9.17, 15) is 0 Å². The molecule has 0 aromatic heterocycles. The lowest BCUT2D eigenvalue weighted by molar-refractivity contribution is 1.33. The molecule has 88 valence electrons. The monoisotopic (exact) mass is 225 g/mol. The summed E-state index contributed by atoms with van der Waals surface area (Å²) in [7, 11) is 0. The summed E-state index contributed by atoms with van der Waals surface area (Å²) in [4.78, 5) is 0. The molecule has 2 aromatic carbocycles. The van der Waals surface area contributed by atoms with Crippen LogP contribution in [-0.4, -0.2) is 0 Å². The Labute approximate surface area is 103 Å². The number of hydrogen-bond acceptors (Lipinski definition) is 1. The Morgan fingerprint density at radius 2 is 1.41 bits per heavy atom.